The topological polar surface area (TPSA) is 71.4 Å². The molecule has 0 radical (unpaired) electrons. The van der Waals surface area contributed by atoms with Gasteiger partial charge in [0.05, 0.1) is 4.90 Å². The summed E-state index contributed by atoms with van der Waals surface area (Å²) in [6.07, 6.45) is 0.894. The number of carboxylic acids is 1. The second-order valence-corrected chi connectivity index (χ2v) is 7.82. The number of rotatable bonds is 6. The van der Waals surface area contributed by atoms with Gasteiger partial charge in [0.1, 0.15) is 0 Å². The SMILES string of the molecule is CC(C)=CC(Cl)(CCC(=O)O)S(=O)(=O)c1ccccc1. The monoisotopic (exact) mass is 316 g/mol. The van der Waals surface area contributed by atoms with Crippen LogP contribution in [-0.4, -0.2) is 23.7 Å². The summed E-state index contributed by atoms with van der Waals surface area (Å²) in [6, 6.07) is 7.80. The fourth-order valence-electron chi connectivity index (χ4n) is 1.79. The first-order valence-electron chi connectivity index (χ1n) is 6.05. The van der Waals surface area contributed by atoms with Crippen molar-refractivity contribution in [1.29, 1.82) is 0 Å². The minimum Gasteiger partial charge on any atom is -0.481 e. The van der Waals surface area contributed by atoms with Crippen LogP contribution in [0.3, 0.4) is 0 Å². The molecule has 1 aromatic rings. The van der Waals surface area contributed by atoms with Crippen LogP contribution in [0.5, 0.6) is 0 Å². The van der Waals surface area contributed by atoms with Gasteiger partial charge < -0.3 is 5.11 Å². The van der Waals surface area contributed by atoms with E-state index < -0.39 is 20.0 Å². The van der Waals surface area contributed by atoms with Crippen molar-refractivity contribution in [2.24, 2.45) is 0 Å². The van der Waals surface area contributed by atoms with E-state index in [9.17, 15) is 13.2 Å². The van der Waals surface area contributed by atoms with Crippen molar-refractivity contribution >= 4 is 27.4 Å². The molecule has 110 valence electrons. The molecule has 0 spiro atoms. The maximum atomic E-state index is 12.6. The largest absolute Gasteiger partial charge is 0.481 e. The molecule has 1 N–H and O–H groups in total. The van der Waals surface area contributed by atoms with Crippen molar-refractivity contribution in [3.05, 3.63) is 42.0 Å². The van der Waals surface area contributed by atoms with E-state index in [1.54, 1.807) is 32.0 Å². The predicted molar refractivity (Wildman–Crippen MR) is 78.5 cm³/mol. The van der Waals surface area contributed by atoms with E-state index in [1.807, 2.05) is 0 Å². The minimum absolute atomic E-state index is 0.0814. The average Bonchev–Trinajstić information content (AvgIpc) is 2.36. The Morgan fingerprint density at radius 2 is 1.85 bits per heavy atom. The van der Waals surface area contributed by atoms with Crippen molar-refractivity contribution in [2.75, 3.05) is 0 Å². The highest BCUT2D eigenvalue weighted by atomic mass is 35.5. The fourth-order valence-corrected chi connectivity index (χ4v) is 4.04. The van der Waals surface area contributed by atoms with Crippen molar-refractivity contribution in [3.63, 3.8) is 0 Å². The van der Waals surface area contributed by atoms with Gasteiger partial charge >= 0.3 is 5.97 Å². The molecule has 1 unspecified atom stereocenters. The maximum Gasteiger partial charge on any atom is 0.303 e. The summed E-state index contributed by atoms with van der Waals surface area (Å²) < 4.78 is 23.5. The molecule has 1 atom stereocenters. The average molecular weight is 317 g/mol. The third-order valence-electron chi connectivity index (χ3n) is 2.68. The molecule has 6 heteroatoms. The molecule has 0 heterocycles. The van der Waals surface area contributed by atoms with E-state index >= 15 is 0 Å². The highest BCUT2D eigenvalue weighted by Gasteiger charge is 2.41. The normalized spacial score (nSPS) is 14.3. The Balaban J connectivity index is 3.30. The number of alkyl halides is 1. The first-order chi connectivity index (χ1) is 9.19. The van der Waals surface area contributed by atoms with Gasteiger partial charge in [0.15, 0.2) is 4.21 Å². The number of aliphatic carboxylic acids is 1. The number of hydrogen-bond donors (Lipinski definition) is 1. The zero-order chi connectivity index (χ0) is 15.4. The lowest BCUT2D eigenvalue weighted by molar-refractivity contribution is -0.137. The Hall–Kier alpha value is -1.33. The summed E-state index contributed by atoms with van der Waals surface area (Å²) in [5.74, 6) is -1.08. The maximum absolute atomic E-state index is 12.6. The van der Waals surface area contributed by atoms with Crippen LogP contribution in [0.2, 0.25) is 0 Å². The lowest BCUT2D eigenvalue weighted by Gasteiger charge is -2.24. The van der Waals surface area contributed by atoms with Gasteiger partial charge in [-0.05, 0) is 38.5 Å². The lowest BCUT2D eigenvalue weighted by atomic mass is 10.2. The van der Waals surface area contributed by atoms with E-state index in [0.717, 1.165) is 0 Å². The van der Waals surface area contributed by atoms with Crippen LogP contribution in [0, 0.1) is 0 Å². The predicted octanol–water partition coefficient (Wildman–Crippen LogP) is 3.23. The molecule has 0 saturated heterocycles. The zero-order valence-corrected chi connectivity index (χ0v) is 12.9. The van der Waals surface area contributed by atoms with Crippen molar-refractivity contribution < 1.29 is 18.3 Å². The van der Waals surface area contributed by atoms with Gasteiger partial charge in [0, 0.05) is 6.42 Å². The standard InChI is InChI=1S/C14H17ClO4S/c1-11(2)10-14(15,9-8-13(16)17)20(18,19)12-6-4-3-5-7-12/h3-7,10H,8-9H2,1-2H3,(H,16,17). The van der Waals surface area contributed by atoms with Crippen molar-refractivity contribution in [3.8, 4) is 0 Å². The molecule has 1 aromatic carbocycles. The minimum atomic E-state index is -3.87. The Kier molecular flexibility index (Phi) is 5.36. The molecule has 0 bridgehead atoms. The Labute approximate surface area is 124 Å². The highest BCUT2D eigenvalue weighted by Crippen LogP contribution is 2.36. The van der Waals surface area contributed by atoms with Gasteiger partial charge in [-0.2, -0.15) is 0 Å². The molecule has 0 amide bonds. The number of allylic oxidation sites excluding steroid dienone is 1. The molecule has 0 saturated carbocycles. The van der Waals surface area contributed by atoms with E-state index in [2.05, 4.69) is 0 Å². The second-order valence-electron chi connectivity index (χ2n) is 4.72. The van der Waals surface area contributed by atoms with E-state index in [-0.39, 0.29) is 17.7 Å². The van der Waals surface area contributed by atoms with Gasteiger partial charge in [-0.1, -0.05) is 35.4 Å². The summed E-state index contributed by atoms with van der Waals surface area (Å²) in [5.41, 5.74) is 0.713. The van der Waals surface area contributed by atoms with Gasteiger partial charge in [-0.15, -0.1) is 0 Å². The molecule has 0 aliphatic carbocycles. The molecular weight excluding hydrogens is 300 g/mol. The summed E-state index contributed by atoms with van der Waals surface area (Å²) in [5, 5.41) is 8.77. The molecule has 20 heavy (non-hydrogen) atoms. The van der Waals surface area contributed by atoms with E-state index in [0.29, 0.717) is 5.57 Å². The van der Waals surface area contributed by atoms with Crippen LogP contribution in [0.1, 0.15) is 26.7 Å². The van der Waals surface area contributed by atoms with Crippen LogP contribution in [0.4, 0.5) is 0 Å². The summed E-state index contributed by atoms with van der Waals surface area (Å²) >= 11 is 6.28. The van der Waals surface area contributed by atoms with Crippen LogP contribution >= 0.6 is 11.6 Å². The molecular formula is C14H17ClO4S. The fraction of sp³-hybridized carbons (Fsp3) is 0.357. The van der Waals surface area contributed by atoms with E-state index in [4.69, 9.17) is 16.7 Å². The van der Waals surface area contributed by atoms with Gasteiger partial charge in [-0.3, -0.25) is 4.79 Å². The molecule has 0 aliphatic heterocycles. The number of halogens is 1. The van der Waals surface area contributed by atoms with Gasteiger partial charge in [0.2, 0.25) is 9.84 Å². The number of sulfone groups is 1. The lowest BCUT2D eigenvalue weighted by Crippen LogP contribution is -2.31. The van der Waals surface area contributed by atoms with Crippen LogP contribution in [0.15, 0.2) is 46.9 Å². The summed E-state index contributed by atoms with van der Waals surface area (Å²) in [7, 11) is -3.87. The summed E-state index contributed by atoms with van der Waals surface area (Å²) in [6.45, 7) is 3.44. The van der Waals surface area contributed by atoms with Crippen LogP contribution in [0.25, 0.3) is 0 Å². The number of carbonyl (C=O) groups is 1. The molecule has 0 aliphatic rings. The van der Waals surface area contributed by atoms with E-state index in [1.165, 1.54) is 18.2 Å². The molecule has 1 rings (SSSR count). The highest BCUT2D eigenvalue weighted by molar-refractivity contribution is 7.94. The van der Waals surface area contributed by atoms with Crippen LogP contribution in [-0.2, 0) is 14.6 Å². The smallest absolute Gasteiger partial charge is 0.303 e. The number of carboxylic acid groups (broad SMARTS) is 1. The van der Waals surface area contributed by atoms with Crippen LogP contribution < -0.4 is 0 Å². The first kappa shape index (κ1) is 16.7. The third kappa shape index (κ3) is 3.84. The number of benzene rings is 1. The molecule has 4 nitrogen and oxygen atoms in total. The van der Waals surface area contributed by atoms with Crippen molar-refractivity contribution in [2.45, 2.75) is 35.8 Å². The van der Waals surface area contributed by atoms with Gasteiger partial charge in [0.25, 0.3) is 0 Å². The quantitative estimate of drug-likeness (QED) is 0.646. The third-order valence-corrected chi connectivity index (χ3v) is 5.70. The molecule has 0 aromatic heterocycles. The first-order valence-corrected chi connectivity index (χ1v) is 7.91. The van der Waals surface area contributed by atoms with Gasteiger partial charge in [-0.25, -0.2) is 8.42 Å². The Morgan fingerprint density at radius 1 is 1.30 bits per heavy atom. The Morgan fingerprint density at radius 3 is 2.30 bits per heavy atom. The Bertz CT molecular complexity index is 603. The van der Waals surface area contributed by atoms with Crippen molar-refractivity contribution in [1.82, 2.24) is 0 Å². The number of hydrogen-bond acceptors (Lipinski definition) is 3. The second kappa shape index (κ2) is 6.41. The zero-order valence-electron chi connectivity index (χ0n) is 11.3. The molecule has 0 fully saturated rings. The summed E-state index contributed by atoms with van der Waals surface area (Å²) in [4.78, 5) is 10.8.